The lowest BCUT2D eigenvalue weighted by Gasteiger charge is -2.33. The van der Waals surface area contributed by atoms with Crippen molar-refractivity contribution < 1.29 is 9.39 Å². The van der Waals surface area contributed by atoms with E-state index in [4.69, 9.17) is 9.39 Å². The number of nitrogens with zero attached hydrogens (tertiary/aromatic N) is 2. The molecule has 0 fully saturated rings. The lowest BCUT2D eigenvalue weighted by atomic mass is 9.50. The molecule has 59 heavy (non-hydrogen) atoms. The van der Waals surface area contributed by atoms with Gasteiger partial charge in [0.2, 0.25) is 0 Å². The van der Waals surface area contributed by atoms with Crippen LogP contribution >= 0.6 is 0 Å². The number of aromatic nitrogens is 2. The van der Waals surface area contributed by atoms with Crippen LogP contribution in [0.1, 0.15) is 0 Å². The number of fused-ring (bicyclic) bond motifs is 10. The second-order valence-electron chi connectivity index (χ2n) is 15.6. The largest absolute Gasteiger partial charge is 0.551 e. The molecule has 9 aromatic carbocycles. The lowest BCUT2D eigenvalue weighted by Crippen LogP contribution is -2.53. The van der Waals surface area contributed by atoms with Gasteiger partial charge in [0.25, 0.3) is 0 Å². The highest BCUT2D eigenvalue weighted by atomic mass is 16.5. The van der Waals surface area contributed by atoms with E-state index in [2.05, 4.69) is 197 Å². The molecular weight excluding hydrogens is 719 g/mol. The number of ether oxygens (including phenoxy) is 1. The van der Waals surface area contributed by atoms with Crippen LogP contribution in [-0.2, 0) is 0 Å². The fourth-order valence-electron chi connectivity index (χ4n) is 9.76. The fourth-order valence-corrected chi connectivity index (χ4v) is 9.76. The Morgan fingerprint density at radius 3 is 1.42 bits per heavy atom. The molecule has 0 N–H and O–H groups in total. The Kier molecular flexibility index (Phi) is 6.78. The van der Waals surface area contributed by atoms with Crippen LogP contribution in [0.15, 0.2) is 200 Å². The van der Waals surface area contributed by atoms with Crippen molar-refractivity contribution in [1.82, 2.24) is 9.13 Å². The lowest BCUT2D eigenvalue weighted by molar-refractivity contribution is 0.479. The predicted octanol–water partition coefficient (Wildman–Crippen LogP) is 12.5. The number of benzene rings is 9. The van der Waals surface area contributed by atoms with E-state index in [1.165, 1.54) is 43.6 Å². The molecule has 2 aliphatic heterocycles. The summed E-state index contributed by atoms with van der Waals surface area (Å²) in [6.45, 7) is -0.278. The van der Waals surface area contributed by atoms with Crippen molar-refractivity contribution in [2.45, 2.75) is 0 Å². The summed E-state index contributed by atoms with van der Waals surface area (Å²) in [6.07, 6.45) is 0. The van der Waals surface area contributed by atoms with Gasteiger partial charge in [0.15, 0.2) is 0 Å². The monoisotopic (exact) mass is 752 g/mol. The minimum Gasteiger partial charge on any atom is -0.551 e. The number of hydrogen-bond acceptors (Lipinski definition) is 2. The first-order valence-electron chi connectivity index (χ1n) is 20.2. The zero-order chi connectivity index (χ0) is 38.6. The van der Waals surface area contributed by atoms with Gasteiger partial charge >= 0.3 is 6.92 Å². The normalized spacial score (nSPS) is 12.6. The van der Waals surface area contributed by atoms with Gasteiger partial charge in [-0.3, -0.25) is 0 Å². The molecule has 0 spiro atoms. The Morgan fingerprint density at radius 2 is 0.831 bits per heavy atom. The van der Waals surface area contributed by atoms with Crippen LogP contribution in [0.4, 0.5) is 0 Å². The van der Waals surface area contributed by atoms with Crippen molar-refractivity contribution >= 4 is 61.5 Å². The second kappa shape index (κ2) is 12.4. The molecule has 0 atom stereocenters. The highest BCUT2D eigenvalue weighted by Gasteiger charge is 2.41. The maximum Gasteiger partial charge on any atom is 0.434 e. The number of para-hydroxylation sites is 5. The molecule has 274 valence electrons. The molecule has 0 radical (unpaired) electrons. The molecule has 0 aliphatic carbocycles. The van der Waals surface area contributed by atoms with Gasteiger partial charge in [-0.15, -0.1) is 0 Å². The summed E-state index contributed by atoms with van der Waals surface area (Å²) in [5, 5.41) is 5.00. The summed E-state index contributed by atoms with van der Waals surface area (Å²) in [6, 6.07) is 71.9. The van der Waals surface area contributed by atoms with Crippen LogP contribution in [-0.4, -0.2) is 16.0 Å². The molecule has 0 unspecified atom stereocenters. The number of hydrogen-bond donors (Lipinski definition) is 0. The maximum atomic E-state index is 6.94. The van der Waals surface area contributed by atoms with Crippen LogP contribution in [0.25, 0.3) is 88.4 Å². The van der Waals surface area contributed by atoms with E-state index in [9.17, 15) is 0 Å². The van der Waals surface area contributed by atoms with Crippen LogP contribution in [0, 0.1) is 0 Å². The number of rotatable bonds is 4. The zero-order valence-corrected chi connectivity index (χ0v) is 31.8. The molecule has 2 aliphatic rings. The first kappa shape index (κ1) is 32.3. The Balaban J connectivity index is 0.977. The maximum absolute atomic E-state index is 6.94. The topological polar surface area (TPSA) is 28.3 Å². The molecule has 11 aromatic rings. The molecular formula is C54H33BN2O2. The van der Waals surface area contributed by atoms with Crippen molar-refractivity contribution in [3.63, 3.8) is 0 Å². The van der Waals surface area contributed by atoms with Crippen molar-refractivity contribution in [3.8, 4) is 62.0 Å². The average Bonchev–Trinajstić information content (AvgIpc) is 3.82. The molecule has 4 heterocycles. The summed E-state index contributed by atoms with van der Waals surface area (Å²) < 4.78 is 18.5. The van der Waals surface area contributed by atoms with Gasteiger partial charge in [-0.25, -0.2) is 0 Å². The van der Waals surface area contributed by atoms with Gasteiger partial charge in [0.05, 0.1) is 22.1 Å². The molecule has 4 nitrogen and oxygen atoms in total. The van der Waals surface area contributed by atoms with Crippen molar-refractivity contribution in [2.75, 3.05) is 0 Å². The first-order valence-corrected chi connectivity index (χ1v) is 20.2. The third-order valence-corrected chi connectivity index (χ3v) is 12.4. The predicted molar refractivity (Wildman–Crippen MR) is 244 cm³/mol. The van der Waals surface area contributed by atoms with Gasteiger partial charge in [0.1, 0.15) is 17.2 Å². The van der Waals surface area contributed by atoms with Gasteiger partial charge in [0, 0.05) is 49.4 Å². The Morgan fingerprint density at radius 1 is 0.339 bits per heavy atom. The summed E-state index contributed by atoms with van der Waals surface area (Å²) in [4.78, 5) is 0. The summed E-state index contributed by atoms with van der Waals surface area (Å²) >= 11 is 0. The Labute approximate surface area is 340 Å². The quantitative estimate of drug-likeness (QED) is 0.168. The molecule has 0 bridgehead atoms. The van der Waals surface area contributed by atoms with Crippen molar-refractivity contribution in [1.29, 1.82) is 0 Å². The van der Waals surface area contributed by atoms with E-state index >= 15 is 0 Å². The van der Waals surface area contributed by atoms with Crippen molar-refractivity contribution in [3.05, 3.63) is 200 Å². The minimum atomic E-state index is -0.278. The molecule has 0 amide bonds. The van der Waals surface area contributed by atoms with E-state index in [1.807, 2.05) is 12.1 Å². The Hall–Kier alpha value is -7.76. The van der Waals surface area contributed by atoms with Gasteiger partial charge in [-0.1, -0.05) is 121 Å². The van der Waals surface area contributed by atoms with Gasteiger partial charge in [-0.05, 0) is 107 Å². The van der Waals surface area contributed by atoms with Crippen LogP contribution in [0.5, 0.6) is 17.2 Å². The van der Waals surface area contributed by atoms with Crippen LogP contribution in [0.2, 0.25) is 0 Å². The van der Waals surface area contributed by atoms with Crippen LogP contribution in [0.3, 0.4) is 0 Å². The second-order valence-corrected chi connectivity index (χ2v) is 15.6. The molecule has 5 heteroatoms. The molecule has 2 aromatic heterocycles. The molecule has 0 saturated carbocycles. The Bertz CT molecular complexity index is 3430. The van der Waals surface area contributed by atoms with Crippen molar-refractivity contribution in [2.24, 2.45) is 0 Å². The van der Waals surface area contributed by atoms with E-state index in [0.29, 0.717) is 0 Å². The zero-order valence-electron chi connectivity index (χ0n) is 31.8. The van der Waals surface area contributed by atoms with Gasteiger partial charge in [-0.2, -0.15) is 0 Å². The minimum absolute atomic E-state index is 0.278. The van der Waals surface area contributed by atoms with E-state index in [-0.39, 0.29) is 6.92 Å². The van der Waals surface area contributed by atoms with Gasteiger partial charge < -0.3 is 18.5 Å². The summed E-state index contributed by atoms with van der Waals surface area (Å²) in [5.74, 6) is 2.52. The fraction of sp³-hybridized carbons (Fsp3) is 0. The molecule has 0 saturated heterocycles. The first-order chi connectivity index (χ1) is 29.2. The van der Waals surface area contributed by atoms with E-state index in [0.717, 1.165) is 72.9 Å². The SMILES string of the molecule is c1cc(-c2ccc3c(c2)-c2cc(-c4cccc(-n5c6ccccc6c6ccccc65)c4)cc4c2B(O3)c2ccccc2O4)cc(-n2c3ccccc3c3ccccc32)c1. The summed E-state index contributed by atoms with van der Waals surface area (Å²) in [5.41, 5.74) is 15.8. The highest BCUT2D eigenvalue weighted by Crippen LogP contribution is 2.44. The smallest absolute Gasteiger partial charge is 0.434 e. The third-order valence-electron chi connectivity index (χ3n) is 12.4. The van der Waals surface area contributed by atoms with Crippen LogP contribution < -0.4 is 20.3 Å². The molecule has 13 rings (SSSR count). The standard InChI is InChI=1S/C54H33BN2O2/c1-6-22-47-40(17-1)41-18-2-7-23-48(41)56(47)38-15-11-13-34(29-38)36-27-28-51-44(31-36)45-32-37(33-53-54(45)55(59-51)46-21-5-10-26-52(46)58-53)35-14-12-16-39(30-35)57-49-24-8-3-19-42(49)43-20-4-9-25-50(43)57/h1-33H. The third kappa shape index (κ3) is 4.79. The van der Waals surface area contributed by atoms with E-state index in [1.54, 1.807) is 0 Å². The summed E-state index contributed by atoms with van der Waals surface area (Å²) in [7, 11) is 0. The average molecular weight is 753 g/mol. The van der Waals surface area contributed by atoms with E-state index < -0.39 is 0 Å². The highest BCUT2D eigenvalue weighted by molar-refractivity contribution is 6.84.